The predicted octanol–water partition coefficient (Wildman–Crippen LogP) is 2.42. The lowest BCUT2D eigenvalue weighted by Gasteiger charge is -2.11. The minimum atomic E-state index is -4.89. The van der Waals surface area contributed by atoms with Crippen molar-refractivity contribution in [3.63, 3.8) is 0 Å². The van der Waals surface area contributed by atoms with E-state index in [-0.39, 0.29) is 10.7 Å². The average molecular weight is 321 g/mol. The molecule has 0 unspecified atom stereocenters. The maximum Gasteiger partial charge on any atom is 0.573 e. The highest BCUT2D eigenvalue weighted by Gasteiger charge is 2.31. The van der Waals surface area contributed by atoms with Gasteiger partial charge in [0.05, 0.1) is 11.1 Å². The van der Waals surface area contributed by atoms with Crippen molar-refractivity contribution >= 4 is 15.8 Å². The lowest BCUT2D eigenvalue weighted by atomic mass is 10.3. The first kappa shape index (κ1) is 15.2. The molecule has 21 heavy (non-hydrogen) atoms. The fourth-order valence-corrected chi connectivity index (χ4v) is 2.60. The Morgan fingerprint density at radius 3 is 2.62 bits per heavy atom. The van der Waals surface area contributed by atoms with Gasteiger partial charge in [-0.2, -0.15) is 5.10 Å². The van der Waals surface area contributed by atoms with Crippen LogP contribution in [0, 0.1) is 6.92 Å². The number of hydrogen-bond acceptors (Lipinski definition) is 4. The van der Waals surface area contributed by atoms with Crippen LogP contribution >= 0.6 is 0 Å². The van der Waals surface area contributed by atoms with Gasteiger partial charge in [-0.3, -0.25) is 9.82 Å². The van der Waals surface area contributed by atoms with E-state index in [9.17, 15) is 21.6 Å². The second-order valence-electron chi connectivity index (χ2n) is 4.06. The standard InChI is InChI=1S/C11H10F3N3O3S/c1-7-6-15-16-10(7)17-21(18,19)9-4-2-3-8(5-9)20-11(12,13)14/h2-6H,1H3,(H2,15,16,17). The zero-order chi connectivity index (χ0) is 15.7. The Morgan fingerprint density at radius 1 is 1.33 bits per heavy atom. The van der Waals surface area contributed by atoms with Crippen molar-refractivity contribution in [1.82, 2.24) is 10.2 Å². The van der Waals surface area contributed by atoms with E-state index in [0.29, 0.717) is 5.56 Å². The lowest BCUT2D eigenvalue weighted by molar-refractivity contribution is -0.274. The summed E-state index contributed by atoms with van der Waals surface area (Å²) in [5, 5.41) is 6.07. The molecule has 0 spiro atoms. The number of H-pyrrole nitrogens is 1. The van der Waals surface area contributed by atoms with Crippen molar-refractivity contribution in [2.45, 2.75) is 18.2 Å². The highest BCUT2D eigenvalue weighted by atomic mass is 32.2. The van der Waals surface area contributed by atoms with Gasteiger partial charge < -0.3 is 4.74 Å². The lowest BCUT2D eigenvalue weighted by Crippen LogP contribution is -2.18. The molecule has 1 aromatic carbocycles. The van der Waals surface area contributed by atoms with Crippen LogP contribution in [0.15, 0.2) is 35.4 Å². The highest BCUT2D eigenvalue weighted by Crippen LogP contribution is 2.25. The van der Waals surface area contributed by atoms with E-state index in [4.69, 9.17) is 0 Å². The highest BCUT2D eigenvalue weighted by molar-refractivity contribution is 7.92. The summed E-state index contributed by atoms with van der Waals surface area (Å²) < 4.78 is 66.4. The van der Waals surface area contributed by atoms with Gasteiger partial charge >= 0.3 is 6.36 Å². The zero-order valence-corrected chi connectivity index (χ0v) is 11.4. The number of aryl methyl sites for hydroxylation is 1. The first-order chi connectivity index (χ1) is 9.67. The molecule has 0 radical (unpaired) electrons. The molecule has 6 nitrogen and oxygen atoms in total. The number of aromatic amines is 1. The fraction of sp³-hybridized carbons (Fsp3) is 0.182. The number of nitrogens with zero attached hydrogens (tertiary/aromatic N) is 1. The third-order valence-electron chi connectivity index (χ3n) is 2.41. The average Bonchev–Trinajstić information content (AvgIpc) is 2.72. The van der Waals surface area contributed by atoms with Crippen LogP contribution in [0.2, 0.25) is 0 Å². The van der Waals surface area contributed by atoms with Gasteiger partial charge in [-0.1, -0.05) is 6.07 Å². The van der Waals surface area contributed by atoms with Crippen molar-refractivity contribution in [2.24, 2.45) is 0 Å². The second kappa shape index (κ2) is 5.28. The van der Waals surface area contributed by atoms with Gasteiger partial charge in [0.1, 0.15) is 11.6 Å². The minimum Gasteiger partial charge on any atom is -0.406 e. The van der Waals surface area contributed by atoms with Crippen LogP contribution in [-0.4, -0.2) is 25.0 Å². The number of sulfonamides is 1. The zero-order valence-electron chi connectivity index (χ0n) is 10.6. The summed E-state index contributed by atoms with van der Waals surface area (Å²) in [5.74, 6) is -0.483. The molecule has 2 aromatic rings. The first-order valence-electron chi connectivity index (χ1n) is 5.56. The molecular weight excluding hydrogens is 311 g/mol. The molecule has 0 fully saturated rings. The number of benzene rings is 1. The molecule has 0 bridgehead atoms. The van der Waals surface area contributed by atoms with Gasteiger partial charge in [-0.05, 0) is 19.1 Å². The van der Waals surface area contributed by atoms with Crippen molar-refractivity contribution in [3.05, 3.63) is 36.0 Å². The van der Waals surface area contributed by atoms with Crippen LogP contribution in [0.1, 0.15) is 5.56 Å². The van der Waals surface area contributed by atoms with Crippen molar-refractivity contribution in [3.8, 4) is 5.75 Å². The van der Waals surface area contributed by atoms with E-state index in [1.54, 1.807) is 6.92 Å². The Kier molecular flexibility index (Phi) is 3.81. The van der Waals surface area contributed by atoms with E-state index in [2.05, 4.69) is 19.7 Å². The predicted molar refractivity (Wildman–Crippen MR) is 67.3 cm³/mol. The Morgan fingerprint density at radius 2 is 2.05 bits per heavy atom. The van der Waals surface area contributed by atoms with Gasteiger partial charge in [0, 0.05) is 11.6 Å². The molecule has 10 heteroatoms. The molecule has 1 heterocycles. The quantitative estimate of drug-likeness (QED) is 0.906. The van der Waals surface area contributed by atoms with Gasteiger partial charge in [-0.25, -0.2) is 8.42 Å². The SMILES string of the molecule is Cc1cn[nH]c1NS(=O)(=O)c1cccc(OC(F)(F)F)c1. The van der Waals surface area contributed by atoms with Crippen molar-refractivity contribution in [2.75, 3.05) is 4.72 Å². The minimum absolute atomic E-state index is 0.136. The topological polar surface area (TPSA) is 84.1 Å². The number of ether oxygens (including phenoxy) is 1. The third-order valence-corrected chi connectivity index (χ3v) is 3.76. The number of nitrogens with one attached hydrogen (secondary N) is 2. The van der Waals surface area contributed by atoms with E-state index >= 15 is 0 Å². The number of rotatable bonds is 4. The summed E-state index contributed by atoms with van der Waals surface area (Å²) in [4.78, 5) is -0.363. The number of aromatic nitrogens is 2. The third kappa shape index (κ3) is 3.88. The summed E-state index contributed by atoms with van der Waals surface area (Å²) in [6, 6.07) is 4.09. The number of hydrogen-bond donors (Lipinski definition) is 2. The fourth-order valence-electron chi connectivity index (χ4n) is 1.48. The van der Waals surface area contributed by atoms with Gasteiger partial charge in [0.2, 0.25) is 0 Å². The molecule has 0 saturated carbocycles. The van der Waals surface area contributed by atoms with Crippen LogP contribution < -0.4 is 9.46 Å². The Bertz CT molecular complexity index is 740. The Labute approximate surface area is 118 Å². The molecule has 0 aliphatic carbocycles. The van der Waals surface area contributed by atoms with Crippen LogP contribution in [0.3, 0.4) is 0 Å². The number of alkyl halides is 3. The van der Waals surface area contributed by atoms with E-state index in [1.807, 2.05) is 0 Å². The van der Waals surface area contributed by atoms with Gasteiger partial charge in [0.15, 0.2) is 0 Å². The van der Waals surface area contributed by atoms with E-state index in [0.717, 1.165) is 24.3 Å². The van der Waals surface area contributed by atoms with E-state index < -0.39 is 22.1 Å². The van der Waals surface area contributed by atoms with Crippen LogP contribution in [0.4, 0.5) is 19.0 Å². The normalized spacial score (nSPS) is 12.2. The maximum atomic E-state index is 12.1. The smallest absolute Gasteiger partial charge is 0.406 e. The molecule has 0 atom stereocenters. The molecule has 2 N–H and O–H groups in total. The summed E-state index contributed by atoms with van der Waals surface area (Å²) in [5.41, 5.74) is 0.543. The summed E-state index contributed by atoms with van der Waals surface area (Å²) in [6.07, 6.45) is -3.49. The van der Waals surface area contributed by atoms with Gasteiger partial charge in [0.25, 0.3) is 10.0 Å². The van der Waals surface area contributed by atoms with Crippen molar-refractivity contribution in [1.29, 1.82) is 0 Å². The first-order valence-corrected chi connectivity index (χ1v) is 7.04. The number of halogens is 3. The molecular formula is C11H10F3N3O3S. The van der Waals surface area contributed by atoms with E-state index in [1.165, 1.54) is 6.20 Å². The second-order valence-corrected chi connectivity index (χ2v) is 5.74. The molecule has 2 rings (SSSR count). The van der Waals surface area contributed by atoms with Crippen LogP contribution in [0.25, 0.3) is 0 Å². The maximum absolute atomic E-state index is 12.1. The number of anilines is 1. The summed E-state index contributed by atoms with van der Waals surface area (Å²) in [6.45, 7) is 1.62. The molecule has 0 amide bonds. The summed E-state index contributed by atoms with van der Waals surface area (Å²) >= 11 is 0. The molecule has 0 saturated heterocycles. The Balaban J connectivity index is 2.28. The molecule has 114 valence electrons. The molecule has 0 aliphatic heterocycles. The molecule has 1 aromatic heterocycles. The molecule has 0 aliphatic rings. The monoisotopic (exact) mass is 321 g/mol. The summed E-state index contributed by atoms with van der Waals surface area (Å²) in [7, 11) is -4.05. The van der Waals surface area contributed by atoms with Crippen LogP contribution in [-0.2, 0) is 10.0 Å². The Hall–Kier alpha value is -2.23. The van der Waals surface area contributed by atoms with Gasteiger partial charge in [-0.15, -0.1) is 13.2 Å². The van der Waals surface area contributed by atoms with Crippen molar-refractivity contribution < 1.29 is 26.3 Å². The van der Waals surface area contributed by atoms with Crippen LogP contribution in [0.5, 0.6) is 5.75 Å². The largest absolute Gasteiger partial charge is 0.573 e.